The highest BCUT2D eigenvalue weighted by molar-refractivity contribution is 5.87. The second-order valence-corrected chi connectivity index (χ2v) is 4.06. The number of ether oxygens (including phenoxy) is 1. The van der Waals surface area contributed by atoms with Crippen LogP contribution in [0.1, 0.15) is 6.42 Å². The first kappa shape index (κ1) is 16.4. The Labute approximate surface area is 108 Å². The van der Waals surface area contributed by atoms with Crippen molar-refractivity contribution < 1.29 is 14.3 Å². The summed E-state index contributed by atoms with van der Waals surface area (Å²) in [5.74, 6) is 1.83. The highest BCUT2D eigenvalue weighted by Gasteiger charge is 2.22. The number of hydrogen-bond donors (Lipinski definition) is 1. The van der Waals surface area contributed by atoms with E-state index in [1.165, 1.54) is 16.9 Å². The summed E-state index contributed by atoms with van der Waals surface area (Å²) in [6, 6.07) is -0.776. The van der Waals surface area contributed by atoms with Crippen LogP contribution in [-0.2, 0) is 14.3 Å². The van der Waals surface area contributed by atoms with E-state index in [1.807, 2.05) is 0 Å². The van der Waals surface area contributed by atoms with Gasteiger partial charge in [-0.2, -0.15) is 0 Å². The van der Waals surface area contributed by atoms with Crippen molar-refractivity contribution in [3.05, 3.63) is 0 Å². The normalized spacial score (nSPS) is 11.5. The van der Waals surface area contributed by atoms with Crippen molar-refractivity contribution in [2.75, 3.05) is 40.9 Å². The van der Waals surface area contributed by atoms with Gasteiger partial charge in [0.1, 0.15) is 0 Å². The summed E-state index contributed by atoms with van der Waals surface area (Å²) in [5, 5.41) is 0. The lowest BCUT2D eigenvalue weighted by Crippen LogP contribution is -2.48. The van der Waals surface area contributed by atoms with Crippen LogP contribution in [0.25, 0.3) is 0 Å². The highest BCUT2D eigenvalue weighted by atomic mass is 16.5. The molecular formula is C12H21N3O3. The van der Waals surface area contributed by atoms with Gasteiger partial charge < -0.3 is 20.3 Å². The van der Waals surface area contributed by atoms with E-state index in [2.05, 4.69) is 5.92 Å². The SMILES string of the molecule is C#CCC(N)C(=O)N(CCOC)CC(=O)N(C)C. The zero-order chi connectivity index (χ0) is 14.1. The molecule has 6 heteroatoms. The molecule has 0 aromatic rings. The average molecular weight is 255 g/mol. The molecule has 0 aliphatic rings. The summed E-state index contributed by atoms with van der Waals surface area (Å²) in [6.07, 6.45) is 5.27. The Bertz CT molecular complexity index is 323. The van der Waals surface area contributed by atoms with Gasteiger partial charge in [-0.1, -0.05) is 0 Å². The molecule has 18 heavy (non-hydrogen) atoms. The van der Waals surface area contributed by atoms with E-state index in [9.17, 15) is 9.59 Å². The number of carbonyl (C=O) groups excluding carboxylic acids is 2. The molecule has 2 N–H and O–H groups in total. The first-order valence-corrected chi connectivity index (χ1v) is 5.61. The second-order valence-electron chi connectivity index (χ2n) is 4.06. The lowest BCUT2D eigenvalue weighted by Gasteiger charge is -2.25. The Morgan fingerprint density at radius 3 is 2.50 bits per heavy atom. The Hall–Kier alpha value is -1.58. The fourth-order valence-electron chi connectivity index (χ4n) is 1.22. The predicted molar refractivity (Wildman–Crippen MR) is 68.6 cm³/mol. The van der Waals surface area contributed by atoms with Gasteiger partial charge in [0.05, 0.1) is 19.2 Å². The molecule has 0 aliphatic carbocycles. The molecule has 2 amide bonds. The van der Waals surface area contributed by atoms with Crippen molar-refractivity contribution in [2.24, 2.45) is 5.73 Å². The molecule has 0 rings (SSSR count). The number of nitrogens with zero attached hydrogens (tertiary/aromatic N) is 2. The van der Waals surface area contributed by atoms with Gasteiger partial charge in [-0.15, -0.1) is 12.3 Å². The fourth-order valence-corrected chi connectivity index (χ4v) is 1.22. The second kappa shape index (κ2) is 8.50. The van der Waals surface area contributed by atoms with E-state index < -0.39 is 6.04 Å². The van der Waals surface area contributed by atoms with E-state index in [4.69, 9.17) is 16.9 Å². The largest absolute Gasteiger partial charge is 0.383 e. The average Bonchev–Trinajstić information content (AvgIpc) is 2.33. The molecule has 0 aromatic carbocycles. The molecule has 6 nitrogen and oxygen atoms in total. The van der Waals surface area contributed by atoms with Gasteiger partial charge in [0, 0.05) is 34.2 Å². The summed E-state index contributed by atoms with van der Waals surface area (Å²) < 4.78 is 4.90. The van der Waals surface area contributed by atoms with Crippen LogP contribution in [0.15, 0.2) is 0 Å². The molecule has 0 saturated carbocycles. The van der Waals surface area contributed by atoms with Gasteiger partial charge >= 0.3 is 0 Å². The minimum absolute atomic E-state index is 0.0204. The number of hydrogen-bond acceptors (Lipinski definition) is 4. The quantitative estimate of drug-likeness (QED) is 0.586. The lowest BCUT2D eigenvalue weighted by molar-refractivity contribution is -0.140. The minimum Gasteiger partial charge on any atom is -0.383 e. The predicted octanol–water partition coefficient (Wildman–Crippen LogP) is -1.10. The summed E-state index contributed by atoms with van der Waals surface area (Å²) in [4.78, 5) is 26.4. The standard InChI is InChI=1S/C12H21N3O3/c1-5-6-10(13)12(17)15(7-8-18-4)9-11(16)14(2)3/h1,10H,6-9,13H2,2-4H3. The molecule has 1 atom stereocenters. The van der Waals surface area contributed by atoms with Gasteiger partial charge in [-0.3, -0.25) is 9.59 Å². The van der Waals surface area contributed by atoms with Crippen LogP contribution in [0.5, 0.6) is 0 Å². The topological polar surface area (TPSA) is 75.9 Å². The third-order valence-corrected chi connectivity index (χ3v) is 2.36. The van der Waals surface area contributed by atoms with Crippen LogP contribution in [0.2, 0.25) is 0 Å². The van der Waals surface area contributed by atoms with Crippen LogP contribution in [0.4, 0.5) is 0 Å². The van der Waals surface area contributed by atoms with Crippen molar-refractivity contribution >= 4 is 11.8 Å². The van der Waals surface area contributed by atoms with Crippen molar-refractivity contribution in [3.8, 4) is 12.3 Å². The summed E-state index contributed by atoms with van der Waals surface area (Å²) in [7, 11) is 4.78. The third kappa shape index (κ3) is 5.66. The summed E-state index contributed by atoms with van der Waals surface area (Å²) in [5.41, 5.74) is 5.65. The maximum absolute atomic E-state index is 12.0. The van der Waals surface area contributed by atoms with E-state index in [0.717, 1.165) is 0 Å². The Balaban J connectivity index is 4.61. The first-order chi connectivity index (χ1) is 8.43. The maximum Gasteiger partial charge on any atom is 0.241 e. The molecule has 0 aromatic heterocycles. The lowest BCUT2D eigenvalue weighted by atomic mass is 10.2. The molecular weight excluding hydrogens is 234 g/mol. The Morgan fingerprint density at radius 2 is 2.06 bits per heavy atom. The zero-order valence-electron chi connectivity index (χ0n) is 11.2. The third-order valence-electron chi connectivity index (χ3n) is 2.36. The zero-order valence-corrected chi connectivity index (χ0v) is 11.2. The number of nitrogens with two attached hydrogens (primary N) is 1. The Kier molecular flexibility index (Phi) is 7.76. The van der Waals surface area contributed by atoms with Gasteiger partial charge in [-0.05, 0) is 0 Å². The number of amides is 2. The smallest absolute Gasteiger partial charge is 0.241 e. The fraction of sp³-hybridized carbons (Fsp3) is 0.667. The molecule has 0 heterocycles. The molecule has 102 valence electrons. The molecule has 0 radical (unpaired) electrons. The van der Waals surface area contributed by atoms with Crippen LogP contribution in [-0.4, -0.2) is 68.6 Å². The molecule has 1 unspecified atom stereocenters. The summed E-state index contributed by atoms with van der Waals surface area (Å²) in [6.45, 7) is 0.635. The number of carbonyl (C=O) groups is 2. The van der Waals surface area contributed by atoms with E-state index in [0.29, 0.717) is 13.2 Å². The van der Waals surface area contributed by atoms with Crippen molar-refractivity contribution in [3.63, 3.8) is 0 Å². The number of methoxy groups -OCH3 is 1. The highest BCUT2D eigenvalue weighted by Crippen LogP contribution is 1.98. The number of likely N-dealkylation sites (N-methyl/N-ethyl adjacent to an activating group) is 1. The van der Waals surface area contributed by atoms with Gasteiger partial charge in [0.2, 0.25) is 11.8 Å². The van der Waals surface area contributed by atoms with Gasteiger partial charge in [0.15, 0.2) is 0 Å². The van der Waals surface area contributed by atoms with E-state index >= 15 is 0 Å². The van der Waals surface area contributed by atoms with Gasteiger partial charge in [-0.25, -0.2) is 0 Å². The molecule has 0 fully saturated rings. The summed E-state index contributed by atoms with van der Waals surface area (Å²) >= 11 is 0. The maximum atomic E-state index is 12.0. The van der Waals surface area contributed by atoms with E-state index in [1.54, 1.807) is 14.1 Å². The molecule has 0 spiro atoms. The monoisotopic (exact) mass is 255 g/mol. The number of terminal acetylenes is 1. The number of rotatable bonds is 7. The van der Waals surface area contributed by atoms with Crippen LogP contribution >= 0.6 is 0 Å². The van der Waals surface area contributed by atoms with Crippen LogP contribution in [0, 0.1) is 12.3 Å². The van der Waals surface area contributed by atoms with Gasteiger partial charge in [0.25, 0.3) is 0 Å². The van der Waals surface area contributed by atoms with E-state index in [-0.39, 0.29) is 24.8 Å². The van der Waals surface area contributed by atoms with Crippen molar-refractivity contribution in [1.29, 1.82) is 0 Å². The molecule has 0 saturated heterocycles. The van der Waals surface area contributed by atoms with Crippen molar-refractivity contribution in [1.82, 2.24) is 9.80 Å². The minimum atomic E-state index is -0.776. The van der Waals surface area contributed by atoms with Crippen LogP contribution < -0.4 is 5.73 Å². The Morgan fingerprint density at radius 1 is 1.44 bits per heavy atom. The first-order valence-electron chi connectivity index (χ1n) is 5.61. The molecule has 0 aliphatic heterocycles. The molecule has 0 bridgehead atoms. The van der Waals surface area contributed by atoms with Crippen LogP contribution in [0.3, 0.4) is 0 Å². The van der Waals surface area contributed by atoms with Crippen molar-refractivity contribution in [2.45, 2.75) is 12.5 Å².